The minimum atomic E-state index is -0.0712. The molecule has 0 aromatic carbocycles. The molecule has 138 valence electrons. The van der Waals surface area contributed by atoms with E-state index in [2.05, 4.69) is 26.3 Å². The van der Waals surface area contributed by atoms with Gasteiger partial charge in [0.1, 0.15) is 5.82 Å². The fourth-order valence-electron chi connectivity index (χ4n) is 2.92. The van der Waals surface area contributed by atoms with Gasteiger partial charge in [-0.05, 0) is 37.5 Å². The third-order valence-corrected chi connectivity index (χ3v) is 4.34. The van der Waals surface area contributed by atoms with Crippen LogP contribution in [0, 0.1) is 5.92 Å². The van der Waals surface area contributed by atoms with Crippen LogP contribution in [0.2, 0.25) is 0 Å². The molecule has 1 aliphatic rings. The number of guanidine groups is 1. The van der Waals surface area contributed by atoms with Crippen molar-refractivity contribution in [2.75, 3.05) is 45.7 Å². The maximum absolute atomic E-state index is 11.8. The first-order chi connectivity index (χ1) is 12.0. The molecular formula is C18H29N5O2. The molecule has 1 aliphatic heterocycles. The highest BCUT2D eigenvalue weighted by atomic mass is 16.5. The smallest absolute Gasteiger partial charge is 0.309 e. The van der Waals surface area contributed by atoms with Crippen molar-refractivity contribution in [1.29, 1.82) is 0 Å². The molecule has 0 bridgehead atoms. The zero-order chi connectivity index (χ0) is 18.2. The molecule has 1 N–H and O–H groups in total. The van der Waals surface area contributed by atoms with Gasteiger partial charge in [0.15, 0.2) is 5.96 Å². The zero-order valence-electron chi connectivity index (χ0n) is 15.7. The predicted octanol–water partition coefficient (Wildman–Crippen LogP) is 1.50. The molecule has 0 saturated carbocycles. The number of rotatable bonds is 5. The Morgan fingerprint density at radius 3 is 2.76 bits per heavy atom. The topological polar surface area (TPSA) is 70.1 Å². The standard InChI is InChI=1S/C18H29N5O2/c1-5-25-17(24)15-7-10-23(11-8-15)18(19-2)21-13-14-6-9-20-16(12-14)22(3)4/h6,9,12,15H,5,7-8,10-11,13H2,1-4H3,(H,19,21). The summed E-state index contributed by atoms with van der Waals surface area (Å²) < 4.78 is 5.13. The van der Waals surface area contributed by atoms with E-state index in [9.17, 15) is 4.79 Å². The monoisotopic (exact) mass is 347 g/mol. The Kier molecular flexibility index (Phi) is 7.03. The average molecular weight is 347 g/mol. The van der Waals surface area contributed by atoms with Crippen molar-refractivity contribution in [3.63, 3.8) is 0 Å². The Bertz CT molecular complexity index is 595. The molecule has 0 radical (unpaired) electrons. The Morgan fingerprint density at radius 2 is 2.16 bits per heavy atom. The molecule has 1 saturated heterocycles. The largest absolute Gasteiger partial charge is 0.466 e. The second-order valence-corrected chi connectivity index (χ2v) is 6.33. The van der Waals surface area contributed by atoms with E-state index in [0.717, 1.165) is 43.3 Å². The second-order valence-electron chi connectivity index (χ2n) is 6.33. The second kappa shape index (κ2) is 9.25. The number of piperidine rings is 1. The van der Waals surface area contributed by atoms with E-state index in [-0.39, 0.29) is 11.9 Å². The van der Waals surface area contributed by atoms with Crippen LogP contribution in [0.25, 0.3) is 0 Å². The van der Waals surface area contributed by atoms with Crippen LogP contribution in [-0.4, -0.2) is 62.7 Å². The molecule has 2 heterocycles. The van der Waals surface area contributed by atoms with Crippen LogP contribution in [0.15, 0.2) is 23.3 Å². The van der Waals surface area contributed by atoms with Gasteiger partial charge in [0, 0.05) is 47.0 Å². The molecule has 1 aromatic heterocycles. The fraction of sp³-hybridized carbons (Fsp3) is 0.611. The van der Waals surface area contributed by atoms with Crippen LogP contribution in [0.5, 0.6) is 0 Å². The van der Waals surface area contributed by atoms with Crippen molar-refractivity contribution in [3.05, 3.63) is 23.9 Å². The van der Waals surface area contributed by atoms with Crippen LogP contribution in [-0.2, 0) is 16.1 Å². The van der Waals surface area contributed by atoms with Crippen molar-refractivity contribution >= 4 is 17.7 Å². The third kappa shape index (κ3) is 5.34. The van der Waals surface area contributed by atoms with Gasteiger partial charge >= 0.3 is 5.97 Å². The molecule has 25 heavy (non-hydrogen) atoms. The number of esters is 1. The predicted molar refractivity (Wildman–Crippen MR) is 99.7 cm³/mol. The summed E-state index contributed by atoms with van der Waals surface area (Å²) in [7, 11) is 5.75. The number of carbonyl (C=O) groups excluding carboxylic acids is 1. The normalized spacial score (nSPS) is 15.8. The Morgan fingerprint density at radius 1 is 1.44 bits per heavy atom. The van der Waals surface area contributed by atoms with E-state index in [0.29, 0.717) is 13.2 Å². The van der Waals surface area contributed by atoms with Gasteiger partial charge in [-0.25, -0.2) is 4.98 Å². The number of hydrogen-bond acceptors (Lipinski definition) is 5. The summed E-state index contributed by atoms with van der Waals surface area (Å²) in [5, 5.41) is 3.40. The maximum atomic E-state index is 11.8. The van der Waals surface area contributed by atoms with Gasteiger partial charge in [-0.15, -0.1) is 0 Å². The van der Waals surface area contributed by atoms with E-state index in [1.54, 1.807) is 7.05 Å². The van der Waals surface area contributed by atoms with Crippen molar-refractivity contribution in [2.45, 2.75) is 26.3 Å². The summed E-state index contributed by atoms with van der Waals surface area (Å²) in [6, 6.07) is 4.06. The first kappa shape index (κ1) is 19.0. The van der Waals surface area contributed by atoms with Gasteiger partial charge in [0.25, 0.3) is 0 Å². The van der Waals surface area contributed by atoms with Crippen molar-refractivity contribution < 1.29 is 9.53 Å². The molecule has 2 rings (SSSR count). The van der Waals surface area contributed by atoms with Crippen LogP contribution < -0.4 is 10.2 Å². The number of pyridine rings is 1. The Hall–Kier alpha value is -2.31. The summed E-state index contributed by atoms with van der Waals surface area (Å²) in [6.07, 6.45) is 3.43. The molecule has 0 unspecified atom stereocenters. The lowest BCUT2D eigenvalue weighted by Crippen LogP contribution is -2.46. The molecular weight excluding hydrogens is 318 g/mol. The molecule has 0 atom stereocenters. The highest BCUT2D eigenvalue weighted by Gasteiger charge is 2.27. The minimum absolute atomic E-state index is 0.0113. The SMILES string of the molecule is CCOC(=O)C1CCN(C(=NC)NCc2ccnc(N(C)C)c2)CC1. The minimum Gasteiger partial charge on any atom is -0.466 e. The molecule has 0 spiro atoms. The molecule has 7 nitrogen and oxygen atoms in total. The number of hydrogen-bond donors (Lipinski definition) is 1. The van der Waals surface area contributed by atoms with Crippen LogP contribution >= 0.6 is 0 Å². The van der Waals surface area contributed by atoms with E-state index in [1.807, 2.05) is 38.2 Å². The lowest BCUT2D eigenvalue weighted by Gasteiger charge is -2.33. The highest BCUT2D eigenvalue weighted by molar-refractivity contribution is 5.80. The number of aromatic nitrogens is 1. The number of carbonyl (C=O) groups is 1. The van der Waals surface area contributed by atoms with Crippen molar-refractivity contribution in [2.24, 2.45) is 10.9 Å². The lowest BCUT2D eigenvalue weighted by atomic mass is 9.97. The summed E-state index contributed by atoms with van der Waals surface area (Å²) in [5.74, 6) is 1.74. The summed E-state index contributed by atoms with van der Waals surface area (Å²) in [5.41, 5.74) is 1.15. The number of ether oxygens (including phenoxy) is 1. The van der Waals surface area contributed by atoms with E-state index in [4.69, 9.17) is 4.74 Å². The Labute approximate surface area is 150 Å². The van der Waals surface area contributed by atoms with Crippen molar-refractivity contribution in [1.82, 2.24) is 15.2 Å². The summed E-state index contributed by atoms with van der Waals surface area (Å²) in [4.78, 5) is 24.7. The van der Waals surface area contributed by atoms with E-state index >= 15 is 0 Å². The van der Waals surface area contributed by atoms with E-state index < -0.39 is 0 Å². The Balaban J connectivity index is 1.87. The van der Waals surface area contributed by atoms with Gasteiger partial charge in [-0.1, -0.05) is 0 Å². The number of likely N-dealkylation sites (tertiary alicyclic amines) is 1. The van der Waals surface area contributed by atoms with E-state index in [1.165, 1.54) is 0 Å². The van der Waals surface area contributed by atoms with Gasteiger partial charge in [-0.3, -0.25) is 9.79 Å². The quantitative estimate of drug-likeness (QED) is 0.494. The van der Waals surface area contributed by atoms with Gasteiger partial charge in [-0.2, -0.15) is 0 Å². The van der Waals surface area contributed by atoms with Gasteiger partial charge in [0.05, 0.1) is 12.5 Å². The van der Waals surface area contributed by atoms with Crippen LogP contribution in [0.4, 0.5) is 5.82 Å². The number of anilines is 1. The first-order valence-electron chi connectivity index (χ1n) is 8.79. The summed E-state index contributed by atoms with van der Waals surface area (Å²) in [6.45, 7) is 4.60. The molecule has 1 aromatic rings. The van der Waals surface area contributed by atoms with Crippen LogP contribution in [0.3, 0.4) is 0 Å². The molecule has 0 amide bonds. The number of nitrogens with zero attached hydrogens (tertiary/aromatic N) is 4. The van der Waals surface area contributed by atoms with Gasteiger partial charge < -0.3 is 19.9 Å². The number of nitrogens with one attached hydrogen (secondary N) is 1. The van der Waals surface area contributed by atoms with Gasteiger partial charge in [0.2, 0.25) is 0 Å². The summed E-state index contributed by atoms with van der Waals surface area (Å²) >= 11 is 0. The number of aliphatic imine (C=N–C) groups is 1. The van der Waals surface area contributed by atoms with Crippen molar-refractivity contribution in [3.8, 4) is 0 Å². The van der Waals surface area contributed by atoms with Crippen LogP contribution in [0.1, 0.15) is 25.3 Å². The molecule has 0 aliphatic carbocycles. The third-order valence-electron chi connectivity index (χ3n) is 4.34. The highest BCUT2D eigenvalue weighted by Crippen LogP contribution is 2.19. The zero-order valence-corrected chi connectivity index (χ0v) is 15.7. The average Bonchev–Trinajstić information content (AvgIpc) is 2.63. The lowest BCUT2D eigenvalue weighted by molar-refractivity contribution is -0.149. The first-order valence-corrected chi connectivity index (χ1v) is 8.79. The molecule has 7 heteroatoms. The maximum Gasteiger partial charge on any atom is 0.309 e. The molecule has 1 fully saturated rings. The fourth-order valence-corrected chi connectivity index (χ4v) is 2.92.